The minimum absolute atomic E-state index is 0.0302. The molecular weight excluding hydrogens is 776 g/mol. The Labute approximate surface area is 325 Å². The molecule has 13 nitrogen and oxygen atoms in total. The number of esters is 2. The van der Waals surface area contributed by atoms with E-state index in [-0.39, 0.29) is 55.4 Å². The second kappa shape index (κ2) is 14.9. The number of aromatic carboxylic acids is 1. The first-order chi connectivity index (χ1) is 25.7. The van der Waals surface area contributed by atoms with Crippen molar-refractivity contribution in [3.8, 4) is 28.9 Å². The number of carbonyl (C=O) groups is 4. The van der Waals surface area contributed by atoms with Crippen molar-refractivity contribution in [2.75, 3.05) is 7.11 Å². The van der Waals surface area contributed by atoms with Crippen LogP contribution in [0.5, 0.6) is 28.9 Å². The zero-order valence-electron chi connectivity index (χ0n) is 32.3. The number of ketones is 1. The highest BCUT2D eigenvalue weighted by atomic mass is 79.9. The van der Waals surface area contributed by atoms with Crippen LogP contribution in [0.2, 0.25) is 0 Å². The zero-order chi connectivity index (χ0) is 41.0. The Morgan fingerprint density at radius 1 is 0.836 bits per heavy atom. The van der Waals surface area contributed by atoms with Crippen molar-refractivity contribution in [1.82, 2.24) is 9.97 Å². The standard InChI is InChI=1S/C41H41BrN2O11/c1-12-26-22(8)30(38(47)48)18(4)20(6)35(26)54-37-29-16(2)13-27(23(9)33(29)43-24(10)44-37)53-39(49)31-19(5)21(7)36(32(42)34(31)46)55-40(50)41(51)17(3)14-25(45)15-28(41)52-11/h13-15,46,51H,12H2,1-11H3,(H,47,48)/t41-/m1/s1. The van der Waals surface area contributed by atoms with Gasteiger partial charge >= 0.3 is 17.9 Å². The summed E-state index contributed by atoms with van der Waals surface area (Å²) in [6.07, 6.45) is 2.57. The van der Waals surface area contributed by atoms with Gasteiger partial charge in [0, 0.05) is 11.6 Å². The van der Waals surface area contributed by atoms with Crippen LogP contribution in [0.4, 0.5) is 0 Å². The molecule has 288 valence electrons. The largest absolute Gasteiger partial charge is 0.506 e. The third kappa shape index (κ3) is 6.73. The van der Waals surface area contributed by atoms with E-state index in [1.54, 1.807) is 47.6 Å². The summed E-state index contributed by atoms with van der Waals surface area (Å²) in [6.45, 7) is 16.9. The Kier molecular flexibility index (Phi) is 11.0. The maximum atomic E-state index is 13.9. The van der Waals surface area contributed by atoms with Crippen LogP contribution in [-0.2, 0) is 20.7 Å². The van der Waals surface area contributed by atoms with E-state index in [0.717, 1.165) is 17.7 Å². The van der Waals surface area contributed by atoms with Crippen molar-refractivity contribution in [2.45, 2.75) is 81.3 Å². The molecule has 0 saturated heterocycles. The first-order valence-electron chi connectivity index (χ1n) is 17.2. The normalized spacial score (nSPS) is 15.4. The van der Waals surface area contributed by atoms with Crippen LogP contribution in [0.1, 0.15) is 84.9 Å². The van der Waals surface area contributed by atoms with Gasteiger partial charge in [-0.15, -0.1) is 0 Å². The Morgan fingerprint density at radius 3 is 2.05 bits per heavy atom. The number of allylic oxidation sites excluding steroid dienone is 2. The fraction of sp³-hybridized carbons (Fsp3) is 0.317. The molecule has 1 aliphatic carbocycles. The van der Waals surface area contributed by atoms with E-state index in [0.29, 0.717) is 56.7 Å². The SMILES string of the molecule is CCc1c(C)c(C(=O)O)c(C)c(C)c1Oc1nc(C)nc2c(C)c(OC(=O)c3c(C)c(C)c(OC(=O)[C@@]4(O)C(C)=CC(=O)C=C4OC)c(Br)c3O)cc(C)c12. The summed E-state index contributed by atoms with van der Waals surface area (Å²) in [4.78, 5) is 60.7. The summed E-state index contributed by atoms with van der Waals surface area (Å²) in [5.41, 5.74) is 2.23. The molecule has 0 fully saturated rings. The molecule has 0 amide bonds. The second-order valence-corrected chi connectivity index (χ2v) is 14.3. The number of nitrogens with zero attached hydrogens (tertiary/aromatic N) is 2. The molecule has 0 unspecified atom stereocenters. The van der Waals surface area contributed by atoms with Gasteiger partial charge in [0.05, 0.1) is 23.6 Å². The summed E-state index contributed by atoms with van der Waals surface area (Å²) in [6, 6.07) is 1.63. The molecule has 0 saturated carbocycles. The Bertz CT molecular complexity index is 2420. The monoisotopic (exact) mass is 816 g/mol. The number of carboxylic acids is 1. The van der Waals surface area contributed by atoms with Gasteiger partial charge in [0.2, 0.25) is 11.5 Å². The lowest BCUT2D eigenvalue weighted by Crippen LogP contribution is -2.47. The second-order valence-electron chi connectivity index (χ2n) is 13.5. The molecule has 3 N–H and O–H groups in total. The van der Waals surface area contributed by atoms with Crippen LogP contribution in [0, 0.1) is 55.4 Å². The van der Waals surface area contributed by atoms with E-state index < -0.39 is 35.0 Å². The molecule has 1 aromatic heterocycles. The van der Waals surface area contributed by atoms with E-state index >= 15 is 0 Å². The van der Waals surface area contributed by atoms with Gasteiger partial charge in [0.1, 0.15) is 38.9 Å². The Hall–Kier alpha value is -5.60. The van der Waals surface area contributed by atoms with Gasteiger partial charge < -0.3 is 34.3 Å². The van der Waals surface area contributed by atoms with Crippen molar-refractivity contribution in [3.63, 3.8) is 0 Å². The van der Waals surface area contributed by atoms with Gasteiger partial charge in [0.15, 0.2) is 11.5 Å². The number of hydrogen-bond acceptors (Lipinski definition) is 12. The van der Waals surface area contributed by atoms with Crippen LogP contribution in [0.15, 0.2) is 34.0 Å². The molecule has 0 radical (unpaired) electrons. The van der Waals surface area contributed by atoms with Crippen LogP contribution in [-0.4, -0.2) is 61.7 Å². The van der Waals surface area contributed by atoms with Gasteiger partial charge in [0.25, 0.3) is 0 Å². The number of fused-ring (bicyclic) bond motifs is 1. The lowest BCUT2D eigenvalue weighted by molar-refractivity contribution is -0.151. The number of aromatic hydroxyl groups is 1. The smallest absolute Gasteiger partial charge is 0.356 e. The van der Waals surface area contributed by atoms with E-state index in [4.69, 9.17) is 18.9 Å². The molecule has 1 heterocycles. The number of rotatable bonds is 9. The number of aromatic nitrogens is 2. The van der Waals surface area contributed by atoms with E-state index in [1.165, 1.54) is 21.0 Å². The van der Waals surface area contributed by atoms with E-state index in [1.807, 2.05) is 13.8 Å². The predicted octanol–water partition coefficient (Wildman–Crippen LogP) is 7.53. The number of carbonyl (C=O) groups excluding carboxylic acids is 3. The number of phenols is 1. The Balaban J connectivity index is 1.53. The molecule has 14 heteroatoms. The van der Waals surface area contributed by atoms with Crippen molar-refractivity contribution in [3.05, 3.63) is 95.5 Å². The number of carboxylic acid groups (broad SMARTS) is 1. The summed E-state index contributed by atoms with van der Waals surface area (Å²) < 4.78 is 23.0. The molecule has 3 aromatic carbocycles. The quantitative estimate of drug-likeness (QED) is 0.111. The fourth-order valence-corrected chi connectivity index (χ4v) is 7.45. The first-order valence-corrected chi connectivity index (χ1v) is 18.0. The number of phenolic OH excluding ortho intramolecular Hbond substituents is 1. The number of aliphatic hydroxyl groups is 1. The van der Waals surface area contributed by atoms with E-state index in [2.05, 4.69) is 25.9 Å². The van der Waals surface area contributed by atoms with Crippen LogP contribution in [0.25, 0.3) is 10.9 Å². The fourth-order valence-electron chi connectivity index (χ4n) is 6.88. The molecule has 0 bridgehead atoms. The number of methoxy groups -OCH3 is 1. The average molecular weight is 818 g/mol. The van der Waals surface area contributed by atoms with Crippen molar-refractivity contribution in [2.24, 2.45) is 0 Å². The Morgan fingerprint density at radius 2 is 1.45 bits per heavy atom. The van der Waals surface area contributed by atoms with Crippen LogP contribution in [0.3, 0.4) is 0 Å². The molecular formula is C41H41BrN2O11. The highest BCUT2D eigenvalue weighted by Gasteiger charge is 2.48. The maximum absolute atomic E-state index is 13.9. The molecule has 1 aliphatic rings. The number of benzene rings is 3. The summed E-state index contributed by atoms with van der Waals surface area (Å²) in [7, 11) is 1.20. The molecule has 5 rings (SSSR count). The predicted molar refractivity (Wildman–Crippen MR) is 205 cm³/mol. The van der Waals surface area contributed by atoms with Gasteiger partial charge in [-0.25, -0.2) is 19.4 Å². The third-order valence-electron chi connectivity index (χ3n) is 10.2. The van der Waals surface area contributed by atoms with Gasteiger partial charge in [-0.05, 0) is 141 Å². The topological polar surface area (TPSA) is 192 Å². The van der Waals surface area contributed by atoms with Crippen LogP contribution >= 0.6 is 15.9 Å². The highest BCUT2D eigenvalue weighted by molar-refractivity contribution is 9.10. The van der Waals surface area contributed by atoms with Crippen molar-refractivity contribution >= 4 is 50.5 Å². The lowest BCUT2D eigenvalue weighted by Gasteiger charge is -2.30. The summed E-state index contributed by atoms with van der Waals surface area (Å²) >= 11 is 3.24. The highest BCUT2D eigenvalue weighted by Crippen LogP contribution is 2.45. The van der Waals surface area contributed by atoms with Crippen molar-refractivity contribution < 1.29 is 53.4 Å². The lowest BCUT2D eigenvalue weighted by atomic mass is 9.87. The van der Waals surface area contributed by atoms with Gasteiger partial charge in [-0.2, -0.15) is 4.98 Å². The van der Waals surface area contributed by atoms with Gasteiger partial charge in [-0.3, -0.25) is 4.79 Å². The minimum Gasteiger partial charge on any atom is -0.506 e. The average Bonchev–Trinajstić information content (AvgIpc) is 3.11. The molecule has 4 aromatic rings. The summed E-state index contributed by atoms with van der Waals surface area (Å²) in [5.74, 6) is -3.41. The van der Waals surface area contributed by atoms with E-state index in [9.17, 15) is 34.5 Å². The number of hydrogen-bond donors (Lipinski definition) is 3. The third-order valence-corrected chi connectivity index (χ3v) is 10.9. The zero-order valence-corrected chi connectivity index (χ0v) is 33.9. The van der Waals surface area contributed by atoms with Crippen molar-refractivity contribution in [1.29, 1.82) is 0 Å². The number of aryl methyl sites for hydroxylation is 3. The maximum Gasteiger partial charge on any atom is 0.356 e. The summed E-state index contributed by atoms with van der Waals surface area (Å²) in [5, 5.41) is 33.1. The first kappa shape index (κ1) is 40.6. The number of halogens is 1. The minimum atomic E-state index is -2.42. The molecule has 1 atom stereocenters. The number of ether oxygens (including phenoxy) is 4. The van der Waals surface area contributed by atoms with Gasteiger partial charge in [-0.1, -0.05) is 6.92 Å². The molecule has 55 heavy (non-hydrogen) atoms. The molecule has 0 aliphatic heterocycles. The van der Waals surface area contributed by atoms with Crippen LogP contribution < -0.4 is 14.2 Å². The molecule has 0 spiro atoms.